The van der Waals surface area contributed by atoms with E-state index in [1.54, 1.807) is 7.05 Å². The molecule has 1 heterocycles. The summed E-state index contributed by atoms with van der Waals surface area (Å²) in [6.07, 6.45) is 3.63. The lowest BCUT2D eigenvalue weighted by Crippen LogP contribution is -2.39. The number of nitrogens with one attached hydrogen (secondary N) is 2. The van der Waals surface area contributed by atoms with Crippen LogP contribution in [0.4, 0.5) is 0 Å². The summed E-state index contributed by atoms with van der Waals surface area (Å²) in [6, 6.07) is 0. The zero-order chi connectivity index (χ0) is 13.9. The van der Waals surface area contributed by atoms with Gasteiger partial charge in [0.1, 0.15) is 0 Å². The highest BCUT2D eigenvalue weighted by atomic mass is 16.5. The van der Waals surface area contributed by atoms with Crippen molar-refractivity contribution < 1.29 is 9.47 Å². The van der Waals surface area contributed by atoms with E-state index in [-0.39, 0.29) is 0 Å². The number of aliphatic imine (C=N–C) groups is 1. The summed E-state index contributed by atoms with van der Waals surface area (Å²) in [6.45, 7) is 8.58. The zero-order valence-corrected chi connectivity index (χ0v) is 12.6. The largest absolute Gasteiger partial charge is 0.379 e. The molecule has 5 heteroatoms. The van der Waals surface area contributed by atoms with E-state index in [0.29, 0.717) is 12.0 Å². The molecule has 0 aromatic carbocycles. The fourth-order valence-corrected chi connectivity index (χ4v) is 1.89. The molecular formula is C14H29N3O2. The van der Waals surface area contributed by atoms with Crippen molar-refractivity contribution in [2.45, 2.75) is 39.2 Å². The van der Waals surface area contributed by atoms with Crippen molar-refractivity contribution >= 4 is 5.96 Å². The van der Waals surface area contributed by atoms with Crippen LogP contribution in [0.3, 0.4) is 0 Å². The second-order valence-electron chi connectivity index (χ2n) is 5.34. The van der Waals surface area contributed by atoms with Crippen LogP contribution in [0.2, 0.25) is 0 Å². The number of ether oxygens (including phenoxy) is 2. The summed E-state index contributed by atoms with van der Waals surface area (Å²) in [5.41, 5.74) is 0. The minimum absolute atomic E-state index is 0.327. The molecule has 0 amide bonds. The highest BCUT2D eigenvalue weighted by molar-refractivity contribution is 5.79. The molecule has 0 aromatic heterocycles. The molecule has 0 radical (unpaired) electrons. The Morgan fingerprint density at radius 2 is 2.26 bits per heavy atom. The number of nitrogens with zero attached hydrogens (tertiary/aromatic N) is 1. The van der Waals surface area contributed by atoms with Crippen molar-refractivity contribution in [3.05, 3.63) is 0 Å². The van der Waals surface area contributed by atoms with Crippen LogP contribution in [0.25, 0.3) is 0 Å². The van der Waals surface area contributed by atoms with Gasteiger partial charge in [0.25, 0.3) is 0 Å². The Hall–Kier alpha value is -0.810. The van der Waals surface area contributed by atoms with Crippen molar-refractivity contribution in [2.75, 3.05) is 40.0 Å². The molecule has 112 valence electrons. The summed E-state index contributed by atoms with van der Waals surface area (Å²) in [5, 5.41) is 6.56. The highest BCUT2D eigenvalue weighted by Gasteiger charge is 2.14. The van der Waals surface area contributed by atoms with Crippen LogP contribution in [-0.2, 0) is 9.47 Å². The molecule has 0 aromatic rings. The second-order valence-corrected chi connectivity index (χ2v) is 5.34. The Kier molecular flexibility index (Phi) is 8.58. The Morgan fingerprint density at radius 1 is 1.42 bits per heavy atom. The number of guanidine groups is 1. The Morgan fingerprint density at radius 3 is 2.89 bits per heavy atom. The minimum Gasteiger partial charge on any atom is -0.379 e. The highest BCUT2D eigenvalue weighted by Crippen LogP contribution is 2.11. The summed E-state index contributed by atoms with van der Waals surface area (Å²) in [7, 11) is 1.80. The molecular weight excluding hydrogens is 242 g/mol. The Balaban J connectivity index is 1.93. The van der Waals surface area contributed by atoms with E-state index in [1.165, 1.54) is 6.42 Å². The zero-order valence-electron chi connectivity index (χ0n) is 12.6. The lowest BCUT2D eigenvalue weighted by molar-refractivity contribution is 0.0168. The fourth-order valence-electron chi connectivity index (χ4n) is 1.89. The molecule has 0 saturated carbocycles. The predicted molar refractivity (Wildman–Crippen MR) is 78.6 cm³/mol. The topological polar surface area (TPSA) is 54.9 Å². The molecule has 1 aliphatic rings. The monoisotopic (exact) mass is 271 g/mol. The molecule has 5 nitrogen and oxygen atoms in total. The maximum absolute atomic E-state index is 5.61. The van der Waals surface area contributed by atoms with Gasteiger partial charge in [-0.1, -0.05) is 13.8 Å². The van der Waals surface area contributed by atoms with Gasteiger partial charge in [-0.3, -0.25) is 4.99 Å². The maximum Gasteiger partial charge on any atom is 0.190 e. The number of rotatable bonds is 8. The second kappa shape index (κ2) is 10.0. The van der Waals surface area contributed by atoms with E-state index in [2.05, 4.69) is 29.5 Å². The van der Waals surface area contributed by atoms with E-state index in [0.717, 1.165) is 51.7 Å². The molecule has 0 aliphatic carbocycles. The molecule has 19 heavy (non-hydrogen) atoms. The summed E-state index contributed by atoms with van der Waals surface area (Å²) in [5.74, 6) is 1.49. The number of hydrogen-bond donors (Lipinski definition) is 2. The first kappa shape index (κ1) is 16.2. The lowest BCUT2D eigenvalue weighted by atomic mass is 10.2. The molecule has 1 saturated heterocycles. The molecule has 0 bridgehead atoms. The lowest BCUT2D eigenvalue weighted by Gasteiger charge is -2.14. The third-order valence-corrected chi connectivity index (χ3v) is 2.99. The molecule has 0 spiro atoms. The van der Waals surface area contributed by atoms with Gasteiger partial charge in [0, 0.05) is 33.4 Å². The predicted octanol–water partition coefficient (Wildman–Crippen LogP) is 1.39. The first-order valence-electron chi connectivity index (χ1n) is 7.36. The quantitative estimate of drug-likeness (QED) is 0.398. The van der Waals surface area contributed by atoms with E-state index < -0.39 is 0 Å². The van der Waals surface area contributed by atoms with Crippen molar-refractivity contribution in [1.29, 1.82) is 0 Å². The van der Waals surface area contributed by atoms with Crippen LogP contribution < -0.4 is 10.6 Å². The van der Waals surface area contributed by atoms with Crippen molar-refractivity contribution in [1.82, 2.24) is 10.6 Å². The van der Waals surface area contributed by atoms with Gasteiger partial charge >= 0.3 is 0 Å². The third-order valence-electron chi connectivity index (χ3n) is 2.99. The van der Waals surface area contributed by atoms with Gasteiger partial charge in [-0.25, -0.2) is 0 Å². The van der Waals surface area contributed by atoms with Crippen LogP contribution in [0.15, 0.2) is 4.99 Å². The third kappa shape index (κ3) is 8.06. The van der Waals surface area contributed by atoms with Crippen molar-refractivity contribution in [2.24, 2.45) is 10.9 Å². The molecule has 2 N–H and O–H groups in total. The van der Waals surface area contributed by atoms with E-state index in [9.17, 15) is 0 Å². The van der Waals surface area contributed by atoms with Gasteiger partial charge in [-0.05, 0) is 25.2 Å². The maximum atomic E-state index is 5.61. The van der Waals surface area contributed by atoms with E-state index in [4.69, 9.17) is 9.47 Å². The van der Waals surface area contributed by atoms with Gasteiger partial charge in [-0.15, -0.1) is 0 Å². The Labute approximate surface area is 117 Å². The van der Waals surface area contributed by atoms with Gasteiger partial charge in [0.15, 0.2) is 5.96 Å². The summed E-state index contributed by atoms with van der Waals surface area (Å²) < 4.78 is 11.1. The van der Waals surface area contributed by atoms with Gasteiger partial charge in [-0.2, -0.15) is 0 Å². The van der Waals surface area contributed by atoms with Gasteiger partial charge in [0.2, 0.25) is 0 Å². The standard InChI is InChI=1S/C14H29N3O2/c1-12(2)10-17-14(15-3)16-7-5-8-18-11-13-6-4-9-19-13/h12-13H,4-11H2,1-3H3,(H2,15,16,17). The smallest absolute Gasteiger partial charge is 0.190 e. The van der Waals surface area contributed by atoms with E-state index >= 15 is 0 Å². The van der Waals surface area contributed by atoms with Crippen molar-refractivity contribution in [3.8, 4) is 0 Å². The fraction of sp³-hybridized carbons (Fsp3) is 0.929. The Bertz CT molecular complexity index is 251. The SMILES string of the molecule is CN=C(NCCCOCC1CCCO1)NCC(C)C. The van der Waals surface area contributed by atoms with Crippen LogP contribution >= 0.6 is 0 Å². The molecule has 1 fully saturated rings. The summed E-state index contributed by atoms with van der Waals surface area (Å²) in [4.78, 5) is 4.17. The van der Waals surface area contributed by atoms with Crippen LogP contribution in [0.1, 0.15) is 33.1 Å². The average molecular weight is 271 g/mol. The number of hydrogen-bond acceptors (Lipinski definition) is 3. The first-order valence-corrected chi connectivity index (χ1v) is 7.36. The van der Waals surface area contributed by atoms with Gasteiger partial charge < -0.3 is 20.1 Å². The van der Waals surface area contributed by atoms with E-state index in [1.807, 2.05) is 0 Å². The molecule has 1 aliphatic heterocycles. The summed E-state index contributed by atoms with van der Waals surface area (Å²) >= 11 is 0. The normalized spacial score (nSPS) is 20.0. The van der Waals surface area contributed by atoms with Gasteiger partial charge in [0.05, 0.1) is 12.7 Å². The molecule has 1 rings (SSSR count). The van der Waals surface area contributed by atoms with Crippen molar-refractivity contribution in [3.63, 3.8) is 0 Å². The average Bonchev–Trinajstić information content (AvgIpc) is 2.90. The van der Waals surface area contributed by atoms with Crippen LogP contribution in [0.5, 0.6) is 0 Å². The first-order chi connectivity index (χ1) is 9.22. The van der Waals surface area contributed by atoms with Crippen LogP contribution in [0, 0.1) is 5.92 Å². The minimum atomic E-state index is 0.327. The van der Waals surface area contributed by atoms with Crippen LogP contribution in [-0.4, -0.2) is 52.0 Å². The molecule has 1 atom stereocenters. The molecule has 1 unspecified atom stereocenters.